The Morgan fingerprint density at radius 1 is 1.20 bits per heavy atom. The molecule has 5 rings (SSSR count). The van der Waals surface area contributed by atoms with Crippen molar-refractivity contribution in [1.29, 1.82) is 0 Å². The van der Waals surface area contributed by atoms with E-state index in [0.717, 1.165) is 28.2 Å². The lowest BCUT2D eigenvalue weighted by Crippen LogP contribution is -2.29. The molecule has 3 heterocycles. The largest absolute Gasteiger partial charge is 0.347 e. The Labute approximate surface area is 204 Å². The first-order valence-electron chi connectivity index (χ1n) is 11.1. The van der Waals surface area contributed by atoms with E-state index in [2.05, 4.69) is 42.5 Å². The Morgan fingerprint density at radius 3 is 2.74 bits per heavy atom. The average Bonchev–Trinajstić information content (AvgIpc) is 3.56. The second-order valence-corrected chi connectivity index (χ2v) is 9.57. The number of benzene rings is 1. The van der Waals surface area contributed by atoms with Gasteiger partial charge in [0.2, 0.25) is 0 Å². The molecule has 0 saturated carbocycles. The predicted octanol–water partition coefficient (Wildman–Crippen LogP) is 3.15. The van der Waals surface area contributed by atoms with Gasteiger partial charge in [0.1, 0.15) is 23.5 Å². The molecule has 2 amide bonds. The highest BCUT2D eigenvalue weighted by Gasteiger charge is 2.31. The molecule has 0 spiro atoms. The highest BCUT2D eigenvalue weighted by molar-refractivity contribution is 7.12. The van der Waals surface area contributed by atoms with Gasteiger partial charge in [-0.25, -0.2) is 19.9 Å². The van der Waals surface area contributed by atoms with Crippen LogP contribution in [0.2, 0.25) is 0 Å². The molecule has 1 unspecified atom stereocenters. The molecule has 1 aromatic carbocycles. The van der Waals surface area contributed by atoms with Crippen molar-refractivity contribution in [2.45, 2.75) is 38.5 Å². The van der Waals surface area contributed by atoms with Gasteiger partial charge in [-0.3, -0.25) is 9.59 Å². The summed E-state index contributed by atoms with van der Waals surface area (Å²) in [6.07, 6.45) is 2.67. The molecule has 3 N–H and O–H groups in total. The van der Waals surface area contributed by atoms with Crippen LogP contribution in [0.15, 0.2) is 47.0 Å². The normalized spacial score (nSPS) is 18.8. The summed E-state index contributed by atoms with van der Waals surface area (Å²) in [5.74, 6) is -1.12. The van der Waals surface area contributed by atoms with Crippen molar-refractivity contribution in [3.63, 3.8) is 0 Å². The summed E-state index contributed by atoms with van der Waals surface area (Å²) in [7, 11) is 1.87. The smallest absolute Gasteiger partial charge is 0.270 e. The molecule has 0 fully saturated rings. The molecular weight excluding hydrogens is 471 g/mol. The Kier molecular flexibility index (Phi) is 6.22. The van der Waals surface area contributed by atoms with Crippen LogP contribution in [0.4, 0.5) is 4.39 Å². The standard InChI is InChI=1S/C23H23FN8O2S/c1-12-7-13(3-5-15(12)24)10-25-22(33)17-9-18(27-11-26-17)23(34)28-16-6-4-14-8-19(35-20(14)16)21-29-30-31-32(21)2/h3,5,7-9,11,16,21H,4,6,10H2,1-2H3,(H,25,33)(H,28,34)(H,29,31)/t16-,21?/m0/s1. The summed E-state index contributed by atoms with van der Waals surface area (Å²) < 4.78 is 13.4. The van der Waals surface area contributed by atoms with E-state index >= 15 is 0 Å². The number of hydrazine groups is 1. The summed E-state index contributed by atoms with van der Waals surface area (Å²) in [6, 6.07) is 8.00. The lowest BCUT2D eigenvalue weighted by molar-refractivity contribution is 0.0932. The second kappa shape index (κ2) is 9.47. The molecular formula is C23H23FN8O2S. The van der Waals surface area contributed by atoms with E-state index in [1.807, 2.05) is 12.1 Å². The number of hydrogen-bond acceptors (Lipinski definition) is 9. The topological polar surface area (TPSA) is 124 Å². The third-order valence-corrected chi connectivity index (χ3v) is 7.31. The van der Waals surface area contributed by atoms with Gasteiger partial charge in [-0.1, -0.05) is 17.4 Å². The van der Waals surface area contributed by atoms with Gasteiger partial charge >= 0.3 is 0 Å². The average molecular weight is 495 g/mol. The first kappa shape index (κ1) is 23.0. The number of rotatable bonds is 6. The molecule has 0 bridgehead atoms. The van der Waals surface area contributed by atoms with Gasteiger partial charge in [0.05, 0.1) is 6.04 Å². The van der Waals surface area contributed by atoms with Crippen LogP contribution in [0.25, 0.3) is 0 Å². The van der Waals surface area contributed by atoms with E-state index in [9.17, 15) is 14.0 Å². The van der Waals surface area contributed by atoms with Crippen LogP contribution in [-0.4, -0.2) is 33.8 Å². The van der Waals surface area contributed by atoms with Crippen molar-refractivity contribution < 1.29 is 14.0 Å². The molecule has 1 aliphatic carbocycles. The van der Waals surface area contributed by atoms with Gasteiger partial charge < -0.3 is 10.6 Å². The van der Waals surface area contributed by atoms with Gasteiger partial charge in [0.15, 0.2) is 6.17 Å². The van der Waals surface area contributed by atoms with Crippen molar-refractivity contribution in [1.82, 2.24) is 31.1 Å². The van der Waals surface area contributed by atoms with Crippen LogP contribution in [-0.2, 0) is 13.0 Å². The van der Waals surface area contributed by atoms with Gasteiger partial charge in [-0.2, -0.15) is 5.01 Å². The van der Waals surface area contributed by atoms with E-state index < -0.39 is 5.91 Å². The SMILES string of the molecule is Cc1cc(CNC(=O)c2cc(C(=O)N[C@H]3CCc4cc(C5N=NNN5C)sc43)ncn2)ccc1F. The Hall–Kier alpha value is -3.77. The Bertz CT molecular complexity index is 1330. The molecule has 1 aliphatic heterocycles. The lowest BCUT2D eigenvalue weighted by atomic mass is 10.1. The van der Waals surface area contributed by atoms with E-state index in [1.165, 1.54) is 24.0 Å². The minimum Gasteiger partial charge on any atom is -0.347 e. The number of halogens is 1. The maximum absolute atomic E-state index is 13.4. The molecule has 2 aliphatic rings. The fourth-order valence-electron chi connectivity index (χ4n) is 4.11. The zero-order chi connectivity index (χ0) is 24.5. The molecule has 2 aromatic heterocycles. The van der Waals surface area contributed by atoms with E-state index in [-0.39, 0.29) is 41.9 Å². The molecule has 2 atom stereocenters. The highest BCUT2D eigenvalue weighted by atomic mass is 32.1. The number of hydrogen-bond donors (Lipinski definition) is 3. The van der Waals surface area contributed by atoms with Crippen molar-refractivity contribution >= 4 is 23.2 Å². The van der Waals surface area contributed by atoms with Gasteiger partial charge in [0.25, 0.3) is 11.8 Å². The summed E-state index contributed by atoms with van der Waals surface area (Å²) in [5, 5.41) is 15.6. The molecule has 3 aromatic rings. The number of aryl methyl sites for hydroxylation is 2. The molecule has 0 saturated heterocycles. The number of aromatic nitrogens is 2. The van der Waals surface area contributed by atoms with Crippen LogP contribution in [0.5, 0.6) is 0 Å². The number of nitrogens with one attached hydrogen (secondary N) is 3. The minimum atomic E-state index is -0.446. The quantitative estimate of drug-likeness (QED) is 0.484. The zero-order valence-corrected chi connectivity index (χ0v) is 19.9. The fourth-order valence-corrected chi connectivity index (χ4v) is 5.49. The lowest BCUT2D eigenvalue weighted by Gasteiger charge is -2.15. The summed E-state index contributed by atoms with van der Waals surface area (Å²) in [4.78, 5) is 35.7. The molecule has 10 nitrogen and oxygen atoms in total. The highest BCUT2D eigenvalue weighted by Crippen LogP contribution is 2.41. The summed E-state index contributed by atoms with van der Waals surface area (Å²) in [5.41, 5.74) is 5.46. The second-order valence-electron chi connectivity index (χ2n) is 8.46. The maximum atomic E-state index is 13.4. The number of amides is 2. The zero-order valence-electron chi connectivity index (χ0n) is 19.1. The summed E-state index contributed by atoms with van der Waals surface area (Å²) >= 11 is 1.61. The monoisotopic (exact) mass is 494 g/mol. The van der Waals surface area contributed by atoms with Gasteiger partial charge in [-0.05, 0) is 48.6 Å². The Morgan fingerprint density at radius 2 is 2.00 bits per heavy atom. The van der Waals surface area contributed by atoms with Crippen LogP contribution in [0, 0.1) is 12.7 Å². The molecule has 12 heteroatoms. The van der Waals surface area contributed by atoms with Crippen molar-refractivity contribution in [2.24, 2.45) is 10.3 Å². The van der Waals surface area contributed by atoms with Crippen LogP contribution in [0.1, 0.15) is 66.1 Å². The van der Waals surface area contributed by atoms with Gasteiger partial charge in [0, 0.05) is 29.4 Å². The fraction of sp³-hybridized carbons (Fsp3) is 0.304. The summed E-state index contributed by atoms with van der Waals surface area (Å²) in [6.45, 7) is 1.87. The van der Waals surface area contributed by atoms with Crippen LogP contribution >= 0.6 is 11.3 Å². The van der Waals surface area contributed by atoms with Crippen LogP contribution < -0.4 is 16.2 Å². The molecule has 180 valence electrons. The van der Waals surface area contributed by atoms with E-state index in [4.69, 9.17) is 0 Å². The first-order chi connectivity index (χ1) is 16.9. The number of nitrogens with zero attached hydrogens (tertiary/aromatic N) is 5. The third-order valence-electron chi connectivity index (χ3n) is 5.98. The minimum absolute atomic E-state index is 0.0802. The number of fused-ring (bicyclic) bond motifs is 1. The number of thiophene rings is 1. The number of carbonyl (C=O) groups is 2. The Balaban J connectivity index is 1.23. The van der Waals surface area contributed by atoms with Crippen molar-refractivity contribution in [3.05, 3.63) is 80.3 Å². The predicted molar refractivity (Wildman–Crippen MR) is 126 cm³/mol. The maximum Gasteiger partial charge on any atom is 0.270 e. The van der Waals surface area contributed by atoms with Gasteiger partial charge in [-0.15, -0.1) is 16.5 Å². The number of carbonyl (C=O) groups excluding carboxylic acids is 2. The first-order valence-corrected chi connectivity index (χ1v) is 11.9. The third kappa shape index (κ3) is 4.75. The van der Waals surface area contributed by atoms with Crippen LogP contribution in [0.3, 0.4) is 0 Å². The van der Waals surface area contributed by atoms with E-state index in [1.54, 1.807) is 30.4 Å². The van der Waals surface area contributed by atoms with Crippen molar-refractivity contribution in [3.8, 4) is 0 Å². The van der Waals surface area contributed by atoms with Crippen molar-refractivity contribution in [2.75, 3.05) is 7.05 Å². The molecule has 0 radical (unpaired) electrons. The molecule has 35 heavy (non-hydrogen) atoms. The van der Waals surface area contributed by atoms with E-state index in [0.29, 0.717) is 5.56 Å².